The molecule has 2 aliphatic rings. The monoisotopic (exact) mass is 792 g/mol. The Balaban J connectivity index is 1.54. The molecule has 2 aliphatic heterocycles. The number of ether oxygens (including phenoxy) is 6. The molecule has 2 fully saturated rings. The van der Waals surface area contributed by atoms with Crippen LogP contribution in [0, 0.1) is 0 Å². The molecule has 314 valence electrons. The lowest BCUT2D eigenvalue weighted by Gasteiger charge is -2.30. The van der Waals surface area contributed by atoms with Crippen LogP contribution in [0.5, 0.6) is 0 Å². The zero-order valence-corrected chi connectivity index (χ0v) is 34.7. The average Bonchev–Trinajstić information content (AvgIpc) is 3.69. The molecular weight excluding hydrogens is 732 g/mol. The molecule has 5 atom stereocenters. The number of anilines is 1. The van der Waals surface area contributed by atoms with Gasteiger partial charge in [-0.1, -0.05) is 0 Å². The summed E-state index contributed by atoms with van der Waals surface area (Å²) in [6.07, 6.45) is -0.178. The van der Waals surface area contributed by atoms with E-state index in [2.05, 4.69) is 30.5 Å². The van der Waals surface area contributed by atoms with E-state index in [0.29, 0.717) is 43.6 Å². The minimum absolute atomic E-state index is 0.0655. The molecule has 0 aliphatic carbocycles. The highest BCUT2D eigenvalue weighted by Gasteiger charge is 2.56. The van der Waals surface area contributed by atoms with Crippen molar-refractivity contribution in [3.05, 3.63) is 12.7 Å². The van der Waals surface area contributed by atoms with Crippen LogP contribution < -0.4 is 10.6 Å². The molecule has 1 unspecified atom stereocenters. The number of carboxylic acid groups (broad SMARTS) is 1. The van der Waals surface area contributed by atoms with E-state index in [4.69, 9.17) is 28.4 Å². The van der Waals surface area contributed by atoms with Gasteiger partial charge >= 0.3 is 24.2 Å². The number of unbranched alkanes of at least 4 members (excludes halogenated alkanes) is 1. The molecule has 2 saturated heterocycles. The summed E-state index contributed by atoms with van der Waals surface area (Å²) in [4.78, 5) is 66.6. The van der Waals surface area contributed by atoms with Crippen LogP contribution in [-0.4, -0.2) is 139 Å². The van der Waals surface area contributed by atoms with E-state index in [1.165, 1.54) is 17.6 Å². The number of fused-ring (bicyclic) bond motifs is 2. The summed E-state index contributed by atoms with van der Waals surface area (Å²) < 4.78 is 37.3. The summed E-state index contributed by atoms with van der Waals surface area (Å²) in [6.45, 7) is 20.9. The van der Waals surface area contributed by atoms with Crippen molar-refractivity contribution in [1.82, 2.24) is 34.6 Å². The number of aliphatic carboxylic acids is 1. The van der Waals surface area contributed by atoms with Crippen molar-refractivity contribution in [2.45, 2.75) is 149 Å². The highest BCUT2D eigenvalue weighted by molar-refractivity contribution is 5.93. The third-order valence-corrected chi connectivity index (χ3v) is 8.46. The van der Waals surface area contributed by atoms with Crippen molar-refractivity contribution < 1.29 is 52.7 Å². The zero-order valence-electron chi connectivity index (χ0n) is 34.7. The molecule has 56 heavy (non-hydrogen) atoms. The molecule has 0 spiro atoms. The molecule has 4 heterocycles. The lowest BCUT2D eigenvalue weighted by Crippen LogP contribution is -2.46. The second kappa shape index (κ2) is 17.4. The van der Waals surface area contributed by atoms with Crippen molar-refractivity contribution in [3.63, 3.8) is 0 Å². The molecule has 2 aromatic heterocycles. The second-order valence-corrected chi connectivity index (χ2v) is 17.5. The van der Waals surface area contributed by atoms with Crippen LogP contribution in [0.25, 0.3) is 11.2 Å². The van der Waals surface area contributed by atoms with E-state index >= 15 is 0 Å². The normalized spacial score (nSPS) is 21.4. The van der Waals surface area contributed by atoms with Crippen LogP contribution in [-0.2, 0) is 33.2 Å². The van der Waals surface area contributed by atoms with Crippen LogP contribution in [0.4, 0.5) is 20.2 Å². The fraction of sp³-hybridized carbons (Fsp3) is 0.757. The number of carbonyl (C=O) groups is 4. The van der Waals surface area contributed by atoms with Crippen LogP contribution >= 0.6 is 0 Å². The minimum Gasteiger partial charge on any atom is -0.480 e. The molecule has 0 radical (unpaired) electrons. The number of rotatable bonds is 14. The number of aromatic nitrogens is 4. The summed E-state index contributed by atoms with van der Waals surface area (Å²) in [6, 6.07) is -1.22. The SMILES string of the molecule is CN(CCCCN(CCC(NC(=O)OC(C)(C)C)C(=O)O)C[C@H]1O[C@@H](n2cnc3c(NC(=O)OC(C)(C)C)ncnc32)[C@@H]2OC(C)(C)O[C@@H]21)C(=O)OC(C)(C)C. The van der Waals surface area contributed by atoms with E-state index in [1.807, 2.05) is 34.6 Å². The lowest BCUT2D eigenvalue weighted by molar-refractivity contribution is -0.198. The third-order valence-electron chi connectivity index (χ3n) is 8.46. The van der Waals surface area contributed by atoms with Crippen molar-refractivity contribution in [3.8, 4) is 0 Å². The van der Waals surface area contributed by atoms with Crippen LogP contribution in [0.1, 0.15) is 102 Å². The number of carboxylic acids is 1. The highest BCUT2D eigenvalue weighted by atomic mass is 16.8. The van der Waals surface area contributed by atoms with Crippen molar-refractivity contribution in [2.75, 3.05) is 38.5 Å². The number of carbonyl (C=O) groups excluding carboxylic acids is 3. The molecule has 0 bridgehead atoms. The van der Waals surface area contributed by atoms with E-state index < -0.39 is 77.4 Å². The summed E-state index contributed by atoms with van der Waals surface area (Å²) >= 11 is 0. The van der Waals surface area contributed by atoms with Crippen molar-refractivity contribution >= 4 is 41.2 Å². The predicted octanol–water partition coefficient (Wildman–Crippen LogP) is 4.91. The molecule has 4 rings (SSSR count). The van der Waals surface area contributed by atoms with E-state index in [9.17, 15) is 24.3 Å². The van der Waals surface area contributed by atoms with Gasteiger partial charge in [0.2, 0.25) is 0 Å². The number of hydrogen-bond acceptors (Lipinski definition) is 14. The number of alkyl carbamates (subject to hydrolysis) is 1. The van der Waals surface area contributed by atoms with Crippen LogP contribution in [0.15, 0.2) is 12.7 Å². The van der Waals surface area contributed by atoms with Gasteiger partial charge in [0.05, 0.1) is 6.33 Å². The molecule has 2 aromatic rings. The molecule has 3 amide bonds. The maximum atomic E-state index is 12.6. The largest absolute Gasteiger partial charge is 0.480 e. The Labute approximate surface area is 328 Å². The van der Waals surface area contributed by atoms with Crippen LogP contribution in [0.2, 0.25) is 0 Å². The van der Waals surface area contributed by atoms with Gasteiger partial charge in [0.1, 0.15) is 47.5 Å². The molecule has 3 N–H and O–H groups in total. The fourth-order valence-corrected chi connectivity index (χ4v) is 6.24. The summed E-state index contributed by atoms with van der Waals surface area (Å²) in [7, 11) is 1.68. The Morgan fingerprint density at radius 3 is 2.11 bits per heavy atom. The maximum absolute atomic E-state index is 12.6. The standard InChI is InChI=1S/C37H60N8O11/c1-34(2,3)54-31(48)41-22(30(46)47)15-18-44(17-14-13-16-43(12)33(50)56-36(7,8)9)19-23-25-26(53-37(10,11)52-25)29(51-23)45-21-40-24-27(38-20-39-28(24)45)42-32(49)55-35(4,5)6/h20-23,25-26,29H,13-19H2,1-12H3,(H,41,48)(H,46,47)(H,38,39,42,49)/t22?,23-,25-,26-,29-/m1/s1. The van der Waals surface area contributed by atoms with Gasteiger partial charge in [-0.3, -0.25) is 9.88 Å². The average molecular weight is 793 g/mol. The van der Waals surface area contributed by atoms with Gasteiger partial charge in [0, 0.05) is 26.7 Å². The first-order valence-electron chi connectivity index (χ1n) is 18.9. The maximum Gasteiger partial charge on any atom is 0.413 e. The Hall–Kier alpha value is -4.33. The van der Waals surface area contributed by atoms with Gasteiger partial charge in [-0.2, -0.15) is 0 Å². The van der Waals surface area contributed by atoms with Crippen LogP contribution in [0.3, 0.4) is 0 Å². The second-order valence-electron chi connectivity index (χ2n) is 17.5. The topological polar surface area (TPSA) is 218 Å². The first-order valence-corrected chi connectivity index (χ1v) is 18.9. The first-order chi connectivity index (χ1) is 25.8. The van der Waals surface area contributed by atoms with E-state index in [0.717, 1.165) is 0 Å². The fourth-order valence-electron chi connectivity index (χ4n) is 6.24. The summed E-state index contributed by atoms with van der Waals surface area (Å²) in [5.41, 5.74) is -1.46. The van der Waals surface area contributed by atoms with Gasteiger partial charge in [-0.05, 0) is 102 Å². The molecule has 19 heteroatoms. The molecule has 19 nitrogen and oxygen atoms in total. The third kappa shape index (κ3) is 12.9. The quantitative estimate of drug-likeness (QED) is 0.171. The van der Waals surface area contributed by atoms with Crippen molar-refractivity contribution in [1.29, 1.82) is 0 Å². The van der Waals surface area contributed by atoms with E-state index in [-0.39, 0.29) is 18.8 Å². The Morgan fingerprint density at radius 2 is 1.48 bits per heavy atom. The van der Waals surface area contributed by atoms with Gasteiger partial charge in [-0.15, -0.1) is 0 Å². The van der Waals surface area contributed by atoms with Crippen molar-refractivity contribution in [2.24, 2.45) is 0 Å². The van der Waals surface area contributed by atoms with Gasteiger partial charge in [0.15, 0.2) is 29.0 Å². The van der Waals surface area contributed by atoms with Gasteiger partial charge in [-0.25, -0.2) is 34.1 Å². The summed E-state index contributed by atoms with van der Waals surface area (Å²) in [5.74, 6) is -1.99. The number of hydrogen-bond donors (Lipinski definition) is 3. The Bertz CT molecular complexity index is 1700. The highest BCUT2D eigenvalue weighted by Crippen LogP contribution is 2.44. The Kier molecular flexibility index (Phi) is 13.8. The minimum atomic E-state index is -1.22. The van der Waals surface area contributed by atoms with Gasteiger partial charge < -0.3 is 48.6 Å². The molecule has 0 aromatic carbocycles. The number of nitrogens with one attached hydrogen (secondary N) is 2. The Morgan fingerprint density at radius 1 is 0.875 bits per heavy atom. The molecule has 0 saturated carbocycles. The number of imidazole rings is 1. The smallest absolute Gasteiger partial charge is 0.413 e. The predicted molar refractivity (Wildman–Crippen MR) is 203 cm³/mol. The van der Waals surface area contributed by atoms with Gasteiger partial charge in [0.25, 0.3) is 0 Å². The molecular formula is C37H60N8O11. The first kappa shape index (κ1) is 44.4. The number of nitrogens with zero attached hydrogens (tertiary/aromatic N) is 6. The number of amides is 3. The van der Waals surface area contributed by atoms with E-state index in [1.54, 1.807) is 53.2 Å². The summed E-state index contributed by atoms with van der Waals surface area (Å²) in [5, 5.41) is 15.1. The zero-order chi connectivity index (χ0) is 41.8. The lowest BCUT2D eigenvalue weighted by atomic mass is 10.1.